The molecular weight excluding hydrogens is 624 g/mol. The van der Waals surface area contributed by atoms with E-state index in [9.17, 15) is 9.36 Å². The van der Waals surface area contributed by atoms with Gasteiger partial charge in [-0.15, -0.1) is 29.8 Å². The molecule has 0 unspecified atom stereocenters. The van der Waals surface area contributed by atoms with Crippen LogP contribution in [0.25, 0.3) is 11.3 Å². The molecule has 0 fully saturated rings. The number of allylic oxidation sites excluding steroid dienone is 2. The smallest absolute Gasteiger partial charge is 0.155 e. The monoisotopic (exact) mass is 649 g/mol. The van der Waals surface area contributed by atoms with Gasteiger partial charge in [-0.05, 0) is 25.6 Å². The fraction of sp³-hybridized carbons (Fsp3) is 0.0714. The summed E-state index contributed by atoms with van der Waals surface area (Å²) in [6.07, 6.45) is 2.93. The van der Waals surface area contributed by atoms with Gasteiger partial charge in [0.2, 0.25) is 0 Å². The molecule has 0 aliphatic heterocycles. The van der Waals surface area contributed by atoms with Crippen LogP contribution in [0.4, 0.5) is 0 Å². The predicted octanol–water partition coefficient (Wildman–Crippen LogP) is 5.22. The Morgan fingerprint density at radius 2 is 1.38 bits per heavy atom. The number of carbonyl (C=O) groups excluding carboxylic acids is 1. The summed E-state index contributed by atoms with van der Waals surface area (Å²) in [7, 11) is -2.94. The summed E-state index contributed by atoms with van der Waals surface area (Å²) in [5.74, 6) is -0.0625. The minimum Gasteiger partial charge on any atom is -0.512 e. The fourth-order valence-electron chi connectivity index (χ4n) is 3.31. The van der Waals surface area contributed by atoms with Crippen molar-refractivity contribution in [2.24, 2.45) is 0 Å². The maximum absolute atomic E-state index is 14.2. The minimum absolute atomic E-state index is 0. The zero-order valence-corrected chi connectivity index (χ0v) is 22.0. The van der Waals surface area contributed by atoms with Gasteiger partial charge in [-0.1, -0.05) is 78.1 Å². The summed E-state index contributed by atoms with van der Waals surface area (Å²) >= 11 is 0. The molecule has 0 amide bonds. The molecule has 1 aromatic heterocycles. The summed E-state index contributed by atoms with van der Waals surface area (Å²) < 4.78 is 14.2. The molecule has 4 rings (SSSR count). The van der Waals surface area contributed by atoms with E-state index in [0.717, 1.165) is 27.2 Å². The first-order valence-corrected chi connectivity index (χ1v) is 12.1. The number of aliphatic hydroxyl groups is 1. The van der Waals surface area contributed by atoms with Crippen LogP contribution in [0.15, 0.2) is 115 Å². The van der Waals surface area contributed by atoms with Crippen LogP contribution < -0.4 is 15.9 Å². The third kappa shape index (κ3) is 6.97. The summed E-state index contributed by atoms with van der Waals surface area (Å²) in [5.41, 5.74) is 1.75. The van der Waals surface area contributed by atoms with Gasteiger partial charge in [-0.3, -0.25) is 4.79 Å². The van der Waals surface area contributed by atoms with Gasteiger partial charge in [0.1, 0.15) is 7.14 Å². The summed E-state index contributed by atoms with van der Waals surface area (Å²) in [5, 5.41) is 10.8. The van der Waals surface area contributed by atoms with Crippen molar-refractivity contribution in [3.63, 3.8) is 0 Å². The molecule has 0 radical (unpaired) electrons. The molecule has 0 saturated heterocycles. The van der Waals surface area contributed by atoms with Crippen LogP contribution in [0.5, 0.6) is 0 Å². The van der Waals surface area contributed by atoms with Crippen LogP contribution in [0.2, 0.25) is 0 Å². The van der Waals surface area contributed by atoms with E-state index in [1.54, 1.807) is 6.20 Å². The zero-order chi connectivity index (χ0) is 23.7. The van der Waals surface area contributed by atoms with Crippen molar-refractivity contribution in [1.82, 2.24) is 4.98 Å². The van der Waals surface area contributed by atoms with Gasteiger partial charge in [-0.25, -0.2) is 0 Å². The van der Waals surface area contributed by atoms with Gasteiger partial charge in [0.25, 0.3) is 0 Å². The Hall–Kier alpha value is -3.06. The largest absolute Gasteiger partial charge is 0.512 e. The molecular formula is C28H25NO3PPt-. The van der Waals surface area contributed by atoms with Crippen LogP contribution in [0, 0.1) is 6.07 Å². The van der Waals surface area contributed by atoms with Crippen molar-refractivity contribution < 1.29 is 35.5 Å². The number of benzene rings is 3. The van der Waals surface area contributed by atoms with Crippen LogP contribution in [-0.4, -0.2) is 15.9 Å². The fourth-order valence-corrected chi connectivity index (χ4v) is 5.92. The Bertz CT molecular complexity index is 1210. The van der Waals surface area contributed by atoms with E-state index in [2.05, 4.69) is 11.1 Å². The normalized spacial score (nSPS) is 10.9. The summed E-state index contributed by atoms with van der Waals surface area (Å²) in [4.78, 5) is 14.4. The molecule has 0 saturated carbocycles. The maximum atomic E-state index is 14.2. The molecule has 0 spiro atoms. The first kappa shape index (κ1) is 27.2. The van der Waals surface area contributed by atoms with E-state index in [1.165, 1.54) is 19.9 Å². The quantitative estimate of drug-likeness (QED) is 0.139. The molecule has 0 aliphatic carbocycles. The van der Waals surface area contributed by atoms with Gasteiger partial charge < -0.3 is 14.7 Å². The number of aromatic nitrogens is 1. The topological polar surface area (TPSA) is 67.3 Å². The number of hydrogen-bond acceptors (Lipinski definition) is 4. The molecule has 0 aliphatic rings. The Morgan fingerprint density at radius 1 is 0.824 bits per heavy atom. The van der Waals surface area contributed by atoms with E-state index in [0.29, 0.717) is 0 Å². The van der Waals surface area contributed by atoms with Crippen LogP contribution in [0.3, 0.4) is 0 Å². The average Bonchev–Trinajstić information content (AvgIpc) is 2.85. The molecule has 6 heteroatoms. The maximum Gasteiger partial charge on any atom is 0.155 e. The third-order valence-electron chi connectivity index (χ3n) is 4.75. The molecule has 1 N–H and O–H groups in total. The van der Waals surface area contributed by atoms with Crippen LogP contribution in [-0.2, 0) is 30.4 Å². The Labute approximate surface area is 215 Å². The summed E-state index contributed by atoms with van der Waals surface area (Å²) in [6.45, 7) is 2.85. The number of nitrogens with zero attached hydrogens (tertiary/aromatic N) is 1. The molecule has 0 bridgehead atoms. The number of aliphatic hydroxyl groups excluding tert-OH is 1. The Kier molecular flexibility index (Phi) is 10.4. The number of ketones is 1. The van der Waals surface area contributed by atoms with Gasteiger partial charge in [-0.2, -0.15) is 0 Å². The van der Waals surface area contributed by atoms with Crippen molar-refractivity contribution >= 4 is 28.8 Å². The molecule has 4 aromatic rings. The standard InChI is InChI=1S/C23H17NOP.C5H8O2.Pt/c25-26(20-9-3-1-4-10-20,21-11-5-2-6-12-21)22-16-14-19(15-17-22)23-13-7-8-18-24-23;1-4(6)3-5(2)7;/h1-14,16-18H;3,6H,1-2H3;/q-1;;/b;4-3-;. The van der Waals surface area contributed by atoms with Crippen LogP contribution >= 0.6 is 7.14 Å². The number of carbonyl (C=O) groups is 1. The number of hydrogen-bond donors (Lipinski definition) is 1. The minimum atomic E-state index is -2.94. The molecule has 0 atom stereocenters. The van der Waals surface area contributed by atoms with E-state index >= 15 is 0 Å². The zero-order valence-electron chi connectivity index (χ0n) is 18.9. The van der Waals surface area contributed by atoms with Gasteiger partial charge in [0.05, 0.1) is 5.76 Å². The van der Waals surface area contributed by atoms with Crippen LogP contribution in [0.1, 0.15) is 13.8 Å². The Balaban J connectivity index is 0.000000449. The predicted molar refractivity (Wildman–Crippen MR) is 135 cm³/mol. The van der Waals surface area contributed by atoms with E-state index in [1.807, 2.05) is 97.1 Å². The number of pyridine rings is 1. The number of rotatable bonds is 5. The van der Waals surface area contributed by atoms with E-state index in [-0.39, 0.29) is 32.6 Å². The van der Waals surface area contributed by atoms with Gasteiger partial charge in [0, 0.05) is 43.9 Å². The second-order valence-electron chi connectivity index (χ2n) is 7.35. The molecule has 34 heavy (non-hydrogen) atoms. The average molecular weight is 650 g/mol. The van der Waals surface area contributed by atoms with Crippen molar-refractivity contribution in [2.45, 2.75) is 13.8 Å². The molecule has 176 valence electrons. The van der Waals surface area contributed by atoms with Crippen molar-refractivity contribution in [3.05, 3.63) is 121 Å². The second kappa shape index (κ2) is 13.0. The van der Waals surface area contributed by atoms with Crippen molar-refractivity contribution in [1.29, 1.82) is 0 Å². The summed E-state index contributed by atoms with van der Waals surface area (Å²) in [6, 6.07) is 34.1. The van der Waals surface area contributed by atoms with Crippen molar-refractivity contribution in [2.75, 3.05) is 0 Å². The second-order valence-corrected chi connectivity index (χ2v) is 10.1. The third-order valence-corrected chi connectivity index (χ3v) is 7.81. The first-order valence-electron chi connectivity index (χ1n) is 10.4. The van der Waals surface area contributed by atoms with E-state index < -0.39 is 7.14 Å². The van der Waals surface area contributed by atoms with E-state index in [4.69, 9.17) is 5.11 Å². The molecule has 3 aromatic carbocycles. The molecule has 1 heterocycles. The molecule has 4 nitrogen and oxygen atoms in total. The van der Waals surface area contributed by atoms with Crippen molar-refractivity contribution in [3.8, 4) is 11.3 Å². The van der Waals surface area contributed by atoms with Gasteiger partial charge in [0.15, 0.2) is 5.78 Å². The SMILES string of the molecule is CC(=O)/C=C(/C)O.O=P(c1c[c-]c(-c2ccccn2)cc1)(c1ccccc1)c1ccccc1.[Pt]. The first-order chi connectivity index (χ1) is 15.9. The Morgan fingerprint density at radius 3 is 1.76 bits per heavy atom. The van der Waals surface area contributed by atoms with Gasteiger partial charge >= 0.3 is 0 Å².